The van der Waals surface area contributed by atoms with Crippen molar-refractivity contribution in [1.29, 1.82) is 0 Å². The number of hydrogen-bond donors (Lipinski definition) is 2. The minimum atomic E-state index is -1.81. The molecule has 0 saturated heterocycles. The van der Waals surface area contributed by atoms with Gasteiger partial charge in [-0.15, -0.1) is 23.2 Å². The summed E-state index contributed by atoms with van der Waals surface area (Å²) in [5, 5.41) is 20.7. The van der Waals surface area contributed by atoms with Crippen molar-refractivity contribution in [2.75, 3.05) is 11.0 Å². The molecule has 0 fully saturated rings. The Kier molecular flexibility index (Phi) is 5.13. The van der Waals surface area contributed by atoms with Gasteiger partial charge in [0.05, 0.1) is 0 Å². The average Bonchev–Trinajstić information content (AvgIpc) is 2.39. The van der Waals surface area contributed by atoms with Crippen molar-refractivity contribution in [2.45, 2.75) is 0 Å². The Morgan fingerprint density at radius 3 is 2.26 bits per heavy atom. The van der Waals surface area contributed by atoms with Gasteiger partial charge in [0.1, 0.15) is 14.5 Å². The van der Waals surface area contributed by atoms with Gasteiger partial charge in [-0.25, -0.2) is 0 Å². The maximum absolute atomic E-state index is 8.77. The Morgan fingerprint density at radius 1 is 1.00 bits per heavy atom. The van der Waals surface area contributed by atoms with E-state index in [1.54, 1.807) is 12.1 Å². The lowest BCUT2D eigenvalue weighted by atomic mass is 10.1. The van der Waals surface area contributed by atoms with Crippen LogP contribution in [0.15, 0.2) is 36.4 Å². The Bertz CT molecular complexity index is 564. The van der Waals surface area contributed by atoms with E-state index >= 15 is 0 Å². The molecule has 3 nitrogen and oxygen atoms in total. The fourth-order valence-electron chi connectivity index (χ4n) is 1.83. The largest absolute Gasteiger partial charge is 0.707 e. The van der Waals surface area contributed by atoms with Gasteiger partial charge in [0, 0.05) is 11.0 Å². The van der Waals surface area contributed by atoms with Crippen LogP contribution in [-0.2, 0) is 0 Å². The van der Waals surface area contributed by atoms with Crippen LogP contribution in [0.2, 0.25) is 0 Å². The van der Waals surface area contributed by atoms with E-state index in [-0.39, 0.29) is 0 Å². The van der Waals surface area contributed by atoms with Crippen LogP contribution in [-0.4, -0.2) is 37.2 Å². The summed E-state index contributed by atoms with van der Waals surface area (Å²) < 4.78 is 4.82. The van der Waals surface area contributed by atoms with Gasteiger partial charge in [-0.1, -0.05) is 29.5 Å². The molecular weight excluding hydrogens is 302 g/mol. The van der Waals surface area contributed by atoms with Gasteiger partial charge in [-0.05, 0) is 22.9 Å². The SMILES string of the molecule is OB(O)Oc1ccc2cc([Si](CCl)CCl)ccc2c1. The van der Waals surface area contributed by atoms with Crippen LogP contribution < -0.4 is 9.84 Å². The van der Waals surface area contributed by atoms with Crippen molar-refractivity contribution >= 4 is 55.3 Å². The van der Waals surface area contributed by atoms with E-state index in [1.807, 2.05) is 18.2 Å². The summed E-state index contributed by atoms with van der Waals surface area (Å²) in [6, 6.07) is 11.4. The van der Waals surface area contributed by atoms with Crippen LogP contribution in [0.1, 0.15) is 0 Å². The number of benzene rings is 2. The molecule has 0 unspecified atom stereocenters. The van der Waals surface area contributed by atoms with Gasteiger partial charge >= 0.3 is 7.32 Å². The molecule has 7 heteroatoms. The van der Waals surface area contributed by atoms with Gasteiger partial charge in [0.25, 0.3) is 0 Å². The summed E-state index contributed by atoms with van der Waals surface area (Å²) >= 11 is 11.8. The fourth-order valence-corrected chi connectivity index (χ4v) is 4.67. The van der Waals surface area contributed by atoms with E-state index in [0.717, 1.165) is 10.8 Å². The van der Waals surface area contributed by atoms with E-state index in [9.17, 15) is 0 Å². The molecule has 0 aromatic heterocycles. The van der Waals surface area contributed by atoms with Gasteiger partial charge in [-0.3, -0.25) is 0 Å². The monoisotopic (exact) mass is 313 g/mol. The van der Waals surface area contributed by atoms with Gasteiger partial charge in [0.2, 0.25) is 0 Å². The standard InChI is InChI=1S/C12H12BCl2O3Si/c14-7-19(8-15)12-4-2-9-5-11(18-13(16)17)3-1-10(9)6-12/h1-6,16-17H,7-8H2. The molecule has 0 aliphatic rings. The number of halogens is 2. The first-order valence-electron chi connectivity index (χ1n) is 5.67. The molecule has 0 saturated carbocycles. The fraction of sp³-hybridized carbons (Fsp3) is 0.167. The summed E-state index contributed by atoms with van der Waals surface area (Å²) in [4.78, 5) is 0. The molecule has 0 heterocycles. The third kappa shape index (κ3) is 3.64. The number of rotatable bonds is 5. The smallest absolute Gasteiger partial charge is 0.512 e. The molecule has 0 amide bonds. The lowest BCUT2D eigenvalue weighted by Gasteiger charge is -2.11. The van der Waals surface area contributed by atoms with E-state index in [4.69, 9.17) is 37.9 Å². The minimum absolute atomic E-state index is 0.412. The van der Waals surface area contributed by atoms with Crippen LogP contribution in [0.4, 0.5) is 0 Å². The normalized spacial score (nSPS) is 11.0. The molecule has 2 rings (SSSR count). The van der Waals surface area contributed by atoms with Crippen molar-refractivity contribution in [2.24, 2.45) is 0 Å². The second kappa shape index (κ2) is 6.63. The summed E-state index contributed by atoms with van der Waals surface area (Å²) in [6.45, 7) is 0. The van der Waals surface area contributed by atoms with Crippen LogP contribution in [0.5, 0.6) is 5.75 Å². The van der Waals surface area contributed by atoms with Crippen molar-refractivity contribution < 1.29 is 14.7 Å². The van der Waals surface area contributed by atoms with E-state index in [1.165, 1.54) is 5.19 Å². The van der Waals surface area contributed by atoms with E-state index in [2.05, 4.69) is 6.07 Å². The molecule has 0 bridgehead atoms. The van der Waals surface area contributed by atoms with Crippen LogP contribution in [0, 0.1) is 0 Å². The van der Waals surface area contributed by atoms with Crippen molar-refractivity contribution in [3.05, 3.63) is 36.4 Å². The van der Waals surface area contributed by atoms with Crippen molar-refractivity contribution in [3.8, 4) is 5.75 Å². The third-order valence-corrected chi connectivity index (χ3v) is 6.49. The quantitative estimate of drug-likeness (QED) is 0.649. The molecule has 0 atom stereocenters. The second-order valence-corrected chi connectivity index (χ2v) is 7.96. The molecule has 0 aliphatic heterocycles. The predicted molar refractivity (Wildman–Crippen MR) is 81.6 cm³/mol. The Labute approximate surface area is 123 Å². The summed E-state index contributed by atoms with van der Waals surface area (Å²) in [7, 11) is -2.71. The van der Waals surface area contributed by atoms with Crippen LogP contribution in [0.3, 0.4) is 0 Å². The molecule has 2 aromatic carbocycles. The first kappa shape index (κ1) is 14.7. The maximum atomic E-state index is 8.77. The van der Waals surface area contributed by atoms with Crippen molar-refractivity contribution in [3.63, 3.8) is 0 Å². The Hall–Kier alpha value is -0.718. The number of hydrogen-bond acceptors (Lipinski definition) is 3. The minimum Gasteiger partial charge on any atom is -0.512 e. The van der Waals surface area contributed by atoms with Gasteiger partial charge < -0.3 is 14.7 Å². The molecule has 19 heavy (non-hydrogen) atoms. The average molecular weight is 314 g/mol. The number of fused-ring (bicyclic) bond motifs is 1. The van der Waals surface area contributed by atoms with E-state index in [0.29, 0.717) is 16.8 Å². The molecule has 2 N–H and O–H groups in total. The first-order chi connectivity index (χ1) is 9.13. The zero-order chi connectivity index (χ0) is 13.8. The highest BCUT2D eigenvalue weighted by Gasteiger charge is 2.13. The Balaban J connectivity index is 2.34. The molecule has 2 aromatic rings. The molecule has 99 valence electrons. The Morgan fingerprint density at radius 2 is 1.63 bits per heavy atom. The zero-order valence-corrected chi connectivity index (χ0v) is 12.5. The lowest BCUT2D eigenvalue weighted by Crippen LogP contribution is -2.34. The lowest BCUT2D eigenvalue weighted by molar-refractivity contribution is 0.288. The summed E-state index contributed by atoms with van der Waals surface area (Å²) in [6.07, 6.45) is 0. The third-order valence-electron chi connectivity index (χ3n) is 2.78. The molecule has 0 spiro atoms. The van der Waals surface area contributed by atoms with Crippen LogP contribution >= 0.6 is 23.2 Å². The molecular formula is C12H12BCl2O3Si. The topological polar surface area (TPSA) is 49.7 Å². The molecule has 1 radical (unpaired) electrons. The number of alkyl halides is 2. The summed E-state index contributed by atoms with van der Waals surface area (Å²) in [5.74, 6) is 0.412. The second-order valence-electron chi connectivity index (χ2n) is 4.04. The molecule has 0 aliphatic carbocycles. The first-order valence-corrected chi connectivity index (χ1v) is 8.66. The highest BCUT2D eigenvalue weighted by molar-refractivity contribution is 6.83. The zero-order valence-electron chi connectivity index (χ0n) is 10.0. The van der Waals surface area contributed by atoms with Crippen molar-refractivity contribution in [1.82, 2.24) is 0 Å². The van der Waals surface area contributed by atoms with E-state index < -0.39 is 16.1 Å². The highest BCUT2D eigenvalue weighted by atomic mass is 35.5. The predicted octanol–water partition coefficient (Wildman–Crippen LogP) is 1.45. The van der Waals surface area contributed by atoms with Gasteiger partial charge in [-0.2, -0.15) is 0 Å². The maximum Gasteiger partial charge on any atom is 0.707 e. The van der Waals surface area contributed by atoms with Crippen LogP contribution in [0.25, 0.3) is 10.8 Å². The highest BCUT2D eigenvalue weighted by Crippen LogP contribution is 2.20. The summed E-state index contributed by atoms with van der Waals surface area (Å²) in [5.41, 5.74) is 1.16. The van der Waals surface area contributed by atoms with Gasteiger partial charge in [0.15, 0.2) is 0 Å².